The van der Waals surface area contributed by atoms with Gasteiger partial charge in [-0.3, -0.25) is 4.79 Å². The largest absolute Gasteiger partial charge is 0.454 e. The topological polar surface area (TPSA) is 104 Å². The third kappa shape index (κ3) is 3.59. The first-order valence-corrected chi connectivity index (χ1v) is 11.3. The molecule has 3 N–H and O–H groups in total. The van der Waals surface area contributed by atoms with E-state index in [-0.39, 0.29) is 12.7 Å². The second-order valence-corrected chi connectivity index (χ2v) is 8.67. The van der Waals surface area contributed by atoms with Crippen LogP contribution >= 0.6 is 0 Å². The third-order valence-corrected chi connectivity index (χ3v) is 6.36. The van der Waals surface area contributed by atoms with Crippen molar-refractivity contribution in [2.24, 2.45) is 0 Å². The zero-order valence-corrected chi connectivity index (χ0v) is 19.3. The maximum absolute atomic E-state index is 13.5. The van der Waals surface area contributed by atoms with Crippen molar-refractivity contribution in [2.75, 3.05) is 17.8 Å². The SMILES string of the molecule is Cc1ccc(NC(=O)c2c(N)n(Cc3ccc4c(c3)OCO4)c3nc4ccccc4nc23)cc1C. The minimum atomic E-state index is -0.329. The van der Waals surface area contributed by atoms with Crippen LogP contribution in [0.4, 0.5) is 11.5 Å². The molecule has 0 aliphatic carbocycles. The molecule has 35 heavy (non-hydrogen) atoms. The monoisotopic (exact) mass is 465 g/mol. The number of nitrogens with zero attached hydrogens (tertiary/aromatic N) is 3. The lowest BCUT2D eigenvalue weighted by Crippen LogP contribution is -2.15. The van der Waals surface area contributed by atoms with Gasteiger partial charge in [-0.15, -0.1) is 0 Å². The highest BCUT2D eigenvalue weighted by molar-refractivity contribution is 6.16. The third-order valence-electron chi connectivity index (χ3n) is 6.36. The number of aryl methyl sites for hydroxylation is 2. The summed E-state index contributed by atoms with van der Waals surface area (Å²) in [5.74, 6) is 1.36. The molecule has 8 heteroatoms. The molecular weight excluding hydrogens is 442 g/mol. The summed E-state index contributed by atoms with van der Waals surface area (Å²) in [4.78, 5) is 23.1. The molecule has 0 radical (unpaired) electrons. The lowest BCUT2D eigenvalue weighted by molar-refractivity contribution is 0.102. The summed E-state index contributed by atoms with van der Waals surface area (Å²) < 4.78 is 12.8. The van der Waals surface area contributed by atoms with Crippen LogP contribution in [0, 0.1) is 13.8 Å². The van der Waals surface area contributed by atoms with Crippen molar-refractivity contribution in [1.29, 1.82) is 0 Å². The van der Waals surface area contributed by atoms with Gasteiger partial charge in [-0.05, 0) is 66.9 Å². The number of nitrogen functional groups attached to an aromatic ring is 1. The molecule has 1 aliphatic rings. The highest BCUT2D eigenvalue weighted by Crippen LogP contribution is 2.34. The summed E-state index contributed by atoms with van der Waals surface area (Å²) >= 11 is 0. The van der Waals surface area contributed by atoms with Gasteiger partial charge in [0.1, 0.15) is 16.9 Å². The molecule has 5 aromatic rings. The van der Waals surface area contributed by atoms with Crippen LogP contribution in [-0.2, 0) is 6.54 Å². The van der Waals surface area contributed by atoms with Crippen LogP contribution in [-0.4, -0.2) is 27.2 Å². The van der Waals surface area contributed by atoms with Gasteiger partial charge in [-0.1, -0.05) is 24.3 Å². The minimum Gasteiger partial charge on any atom is -0.454 e. The van der Waals surface area contributed by atoms with Crippen LogP contribution in [0.1, 0.15) is 27.0 Å². The van der Waals surface area contributed by atoms with Crippen molar-refractivity contribution in [3.63, 3.8) is 0 Å². The predicted molar refractivity (Wildman–Crippen MR) is 135 cm³/mol. The fraction of sp³-hybridized carbons (Fsp3) is 0.148. The summed E-state index contributed by atoms with van der Waals surface area (Å²) in [6, 6.07) is 19.1. The summed E-state index contributed by atoms with van der Waals surface area (Å²) in [6.07, 6.45) is 0. The molecule has 8 nitrogen and oxygen atoms in total. The smallest absolute Gasteiger partial charge is 0.261 e. The van der Waals surface area contributed by atoms with Crippen molar-refractivity contribution >= 4 is 39.6 Å². The molecule has 1 amide bonds. The van der Waals surface area contributed by atoms with Gasteiger partial charge in [-0.25, -0.2) is 9.97 Å². The normalized spacial score (nSPS) is 12.4. The van der Waals surface area contributed by atoms with Gasteiger partial charge in [0.25, 0.3) is 5.91 Å². The van der Waals surface area contributed by atoms with Crippen LogP contribution in [0.15, 0.2) is 60.7 Å². The Bertz CT molecular complexity index is 1640. The van der Waals surface area contributed by atoms with E-state index in [1.807, 2.05) is 79.1 Å². The number of benzene rings is 3. The average Bonchev–Trinajstić information content (AvgIpc) is 3.42. The second-order valence-electron chi connectivity index (χ2n) is 8.67. The molecule has 1 aliphatic heterocycles. The Morgan fingerprint density at radius 3 is 2.54 bits per heavy atom. The molecule has 3 heterocycles. The van der Waals surface area contributed by atoms with Crippen molar-refractivity contribution in [1.82, 2.24) is 14.5 Å². The summed E-state index contributed by atoms with van der Waals surface area (Å²) in [6.45, 7) is 4.63. The number of anilines is 2. The number of aromatic nitrogens is 3. The first-order valence-electron chi connectivity index (χ1n) is 11.3. The Balaban J connectivity index is 1.48. The number of rotatable bonds is 4. The van der Waals surface area contributed by atoms with Crippen molar-refractivity contribution in [2.45, 2.75) is 20.4 Å². The van der Waals surface area contributed by atoms with E-state index in [0.717, 1.165) is 22.2 Å². The maximum atomic E-state index is 13.5. The zero-order chi connectivity index (χ0) is 24.1. The Morgan fingerprint density at radius 2 is 1.74 bits per heavy atom. The highest BCUT2D eigenvalue weighted by Gasteiger charge is 2.25. The van der Waals surface area contributed by atoms with Gasteiger partial charge in [0.15, 0.2) is 17.1 Å². The number of nitrogens with two attached hydrogens (primary N) is 1. The minimum absolute atomic E-state index is 0.202. The van der Waals surface area contributed by atoms with Crippen LogP contribution in [0.2, 0.25) is 0 Å². The number of hydrogen-bond donors (Lipinski definition) is 2. The van der Waals surface area contributed by atoms with Gasteiger partial charge < -0.3 is 25.1 Å². The highest BCUT2D eigenvalue weighted by atomic mass is 16.7. The Labute approximate surface area is 201 Å². The predicted octanol–water partition coefficient (Wildman–Crippen LogP) is 4.81. The number of fused-ring (bicyclic) bond motifs is 3. The molecule has 0 spiro atoms. The number of ether oxygens (including phenoxy) is 2. The van der Waals surface area contributed by atoms with E-state index >= 15 is 0 Å². The molecule has 6 rings (SSSR count). The quantitative estimate of drug-likeness (QED) is 0.395. The summed E-state index contributed by atoms with van der Waals surface area (Å²) in [5.41, 5.74) is 13.2. The average molecular weight is 466 g/mol. The van der Waals surface area contributed by atoms with Crippen LogP contribution in [0.25, 0.3) is 22.2 Å². The van der Waals surface area contributed by atoms with Crippen molar-refractivity contribution in [3.05, 3.63) is 82.9 Å². The fourth-order valence-corrected chi connectivity index (χ4v) is 4.34. The van der Waals surface area contributed by atoms with Crippen LogP contribution < -0.4 is 20.5 Å². The van der Waals surface area contributed by atoms with E-state index in [2.05, 4.69) is 5.32 Å². The number of hydrogen-bond acceptors (Lipinski definition) is 6. The first-order chi connectivity index (χ1) is 17.0. The molecule has 0 bridgehead atoms. The standard InChI is InChI=1S/C27H23N5O3/c1-15-7-9-18(11-16(15)2)29-27(33)23-24-26(31-20-6-4-3-5-19(20)30-24)32(25(23)28)13-17-8-10-21-22(12-17)35-14-34-21/h3-12H,13-14,28H2,1-2H3,(H,29,33). The lowest BCUT2D eigenvalue weighted by Gasteiger charge is -2.10. The van der Waals surface area contributed by atoms with E-state index in [1.54, 1.807) is 0 Å². The van der Waals surface area contributed by atoms with E-state index in [0.29, 0.717) is 51.8 Å². The fourth-order valence-electron chi connectivity index (χ4n) is 4.34. The van der Waals surface area contributed by atoms with Crippen LogP contribution in [0.5, 0.6) is 11.5 Å². The lowest BCUT2D eigenvalue weighted by atomic mass is 10.1. The molecule has 2 aromatic heterocycles. The second kappa shape index (κ2) is 8.02. The first kappa shape index (κ1) is 21.0. The summed E-state index contributed by atoms with van der Waals surface area (Å²) in [7, 11) is 0. The van der Waals surface area contributed by atoms with Crippen LogP contribution in [0.3, 0.4) is 0 Å². The molecule has 3 aromatic carbocycles. The number of carbonyl (C=O) groups is 1. The molecular formula is C27H23N5O3. The molecule has 0 unspecified atom stereocenters. The maximum Gasteiger partial charge on any atom is 0.261 e. The van der Waals surface area contributed by atoms with Crippen molar-refractivity contribution < 1.29 is 14.3 Å². The summed E-state index contributed by atoms with van der Waals surface area (Å²) in [5, 5.41) is 2.98. The van der Waals surface area contributed by atoms with Gasteiger partial charge in [-0.2, -0.15) is 0 Å². The van der Waals surface area contributed by atoms with E-state index in [9.17, 15) is 4.79 Å². The van der Waals surface area contributed by atoms with Gasteiger partial charge in [0.2, 0.25) is 6.79 Å². The molecule has 0 fully saturated rings. The van der Waals surface area contributed by atoms with Gasteiger partial charge in [0, 0.05) is 5.69 Å². The van der Waals surface area contributed by atoms with E-state index in [1.165, 1.54) is 0 Å². The number of amides is 1. The molecule has 0 saturated heterocycles. The van der Waals surface area contributed by atoms with E-state index in [4.69, 9.17) is 25.2 Å². The molecule has 0 saturated carbocycles. The Hall–Kier alpha value is -4.59. The Morgan fingerprint density at radius 1 is 0.971 bits per heavy atom. The van der Waals surface area contributed by atoms with Gasteiger partial charge >= 0.3 is 0 Å². The molecule has 174 valence electrons. The number of nitrogens with one attached hydrogen (secondary N) is 1. The Kier molecular flexibility index (Phi) is 4.81. The van der Waals surface area contributed by atoms with E-state index < -0.39 is 0 Å². The molecule has 0 atom stereocenters. The zero-order valence-electron chi connectivity index (χ0n) is 19.3. The van der Waals surface area contributed by atoms with Crippen molar-refractivity contribution in [3.8, 4) is 11.5 Å². The number of para-hydroxylation sites is 2. The van der Waals surface area contributed by atoms with Gasteiger partial charge in [0.05, 0.1) is 17.6 Å². The number of carbonyl (C=O) groups excluding carboxylic acids is 1.